The third kappa shape index (κ3) is 7.55. The summed E-state index contributed by atoms with van der Waals surface area (Å²) in [6.07, 6.45) is -1.19. The Morgan fingerprint density at radius 3 is 2.30 bits per heavy atom. The first kappa shape index (κ1) is 27.7. The first-order valence-corrected chi connectivity index (χ1v) is 11.8. The molecule has 3 aromatic rings. The second-order valence-electron chi connectivity index (χ2n) is 9.45. The van der Waals surface area contributed by atoms with Crippen LogP contribution in [0.5, 0.6) is 0 Å². The lowest BCUT2D eigenvalue weighted by Crippen LogP contribution is -2.27. The Balaban J connectivity index is 1.68. The van der Waals surface area contributed by atoms with Gasteiger partial charge in [-0.3, -0.25) is 9.59 Å². The third-order valence-electron chi connectivity index (χ3n) is 5.50. The molecule has 2 aromatic heterocycles. The largest absolute Gasteiger partial charge is 0.466 e. The molecule has 0 bridgehead atoms. The van der Waals surface area contributed by atoms with Gasteiger partial charge in [-0.1, -0.05) is 32.9 Å². The van der Waals surface area contributed by atoms with Gasteiger partial charge in [-0.05, 0) is 42.2 Å². The van der Waals surface area contributed by atoms with E-state index in [-0.39, 0.29) is 42.1 Å². The molecule has 0 aliphatic rings. The van der Waals surface area contributed by atoms with Crippen molar-refractivity contribution < 1.29 is 27.5 Å². The van der Waals surface area contributed by atoms with Crippen LogP contribution >= 0.6 is 0 Å². The number of halogens is 3. The zero-order valence-corrected chi connectivity index (χ0v) is 21.1. The van der Waals surface area contributed by atoms with Gasteiger partial charge in [0.15, 0.2) is 5.82 Å². The van der Waals surface area contributed by atoms with Crippen molar-refractivity contribution >= 4 is 17.6 Å². The molecule has 1 aromatic carbocycles. The fourth-order valence-corrected chi connectivity index (χ4v) is 3.61. The number of amides is 1. The van der Waals surface area contributed by atoms with Gasteiger partial charge in [0.1, 0.15) is 0 Å². The minimum atomic E-state index is -4.47. The number of hydrogen-bond acceptors (Lipinski definition) is 6. The normalized spacial score (nSPS) is 12.6. The molecule has 0 saturated heterocycles. The Hall–Kier alpha value is -3.89. The average molecular weight is 518 g/mol. The molecule has 0 spiro atoms. The summed E-state index contributed by atoms with van der Waals surface area (Å²) in [5.74, 6) is -0.398. The van der Waals surface area contributed by atoms with E-state index in [0.717, 1.165) is 22.6 Å². The third-order valence-corrected chi connectivity index (χ3v) is 5.50. The molecule has 0 radical (unpaired) electrons. The van der Waals surface area contributed by atoms with Crippen molar-refractivity contribution in [3.8, 4) is 5.82 Å². The molecular formula is C26H30F3N5O3. The van der Waals surface area contributed by atoms with Gasteiger partial charge in [0.25, 0.3) is 5.91 Å². The SMILES string of the molecule is CCOC(=O)CCNC(=O)c1ccc(C(Nc2ccc(-n3cc(C(F)(F)F)cn3)nc2)C(C)(C)C)cc1. The summed E-state index contributed by atoms with van der Waals surface area (Å²) in [4.78, 5) is 28.1. The van der Waals surface area contributed by atoms with Gasteiger partial charge in [-0.15, -0.1) is 0 Å². The van der Waals surface area contributed by atoms with E-state index >= 15 is 0 Å². The van der Waals surface area contributed by atoms with Crippen molar-refractivity contribution in [3.63, 3.8) is 0 Å². The number of ether oxygens (including phenoxy) is 1. The topological polar surface area (TPSA) is 98.1 Å². The van der Waals surface area contributed by atoms with E-state index in [1.54, 1.807) is 31.2 Å². The zero-order chi connectivity index (χ0) is 27.2. The van der Waals surface area contributed by atoms with Crippen LogP contribution in [0.2, 0.25) is 0 Å². The number of carbonyl (C=O) groups is 2. The quantitative estimate of drug-likeness (QED) is 0.380. The number of aromatic nitrogens is 3. The molecule has 3 rings (SSSR count). The van der Waals surface area contributed by atoms with Gasteiger partial charge in [0.2, 0.25) is 0 Å². The molecule has 198 valence electrons. The Labute approximate surface area is 213 Å². The van der Waals surface area contributed by atoms with Gasteiger partial charge < -0.3 is 15.4 Å². The minimum absolute atomic E-state index is 0.102. The van der Waals surface area contributed by atoms with E-state index in [1.807, 2.05) is 12.1 Å². The standard InChI is InChI=1S/C26H30F3N5O3/c1-5-37-22(35)12-13-30-24(36)18-8-6-17(7-9-18)23(25(2,3)4)33-20-10-11-21(31-15-20)34-16-19(14-32-34)26(27,28)29/h6-11,14-16,23,33H,5,12-13H2,1-4H3,(H,30,36). The van der Waals surface area contributed by atoms with E-state index in [2.05, 4.69) is 41.5 Å². The zero-order valence-electron chi connectivity index (χ0n) is 21.1. The summed E-state index contributed by atoms with van der Waals surface area (Å²) in [6, 6.07) is 10.3. The predicted molar refractivity (Wildman–Crippen MR) is 132 cm³/mol. The summed E-state index contributed by atoms with van der Waals surface area (Å²) >= 11 is 0. The number of nitrogens with zero attached hydrogens (tertiary/aromatic N) is 3. The van der Waals surface area contributed by atoms with E-state index in [4.69, 9.17) is 4.74 Å². The number of hydrogen-bond donors (Lipinski definition) is 2. The highest BCUT2D eigenvalue weighted by atomic mass is 19.4. The summed E-state index contributed by atoms with van der Waals surface area (Å²) in [6.45, 7) is 8.39. The monoisotopic (exact) mass is 517 g/mol. The Morgan fingerprint density at radius 1 is 1.05 bits per heavy atom. The Bertz CT molecular complexity index is 1200. The lowest BCUT2D eigenvalue weighted by atomic mass is 9.82. The van der Waals surface area contributed by atoms with E-state index in [9.17, 15) is 22.8 Å². The number of benzene rings is 1. The Morgan fingerprint density at radius 2 is 1.76 bits per heavy atom. The molecule has 2 heterocycles. The molecule has 0 aliphatic heterocycles. The summed E-state index contributed by atoms with van der Waals surface area (Å²) in [7, 11) is 0. The van der Waals surface area contributed by atoms with Crippen molar-refractivity contribution in [1.29, 1.82) is 0 Å². The molecule has 1 unspecified atom stereocenters. The van der Waals surface area contributed by atoms with Crippen LogP contribution in [0.15, 0.2) is 55.0 Å². The summed E-state index contributed by atoms with van der Waals surface area (Å²) < 4.78 is 44.5. The first-order chi connectivity index (χ1) is 17.4. The second kappa shape index (κ2) is 11.4. The minimum Gasteiger partial charge on any atom is -0.466 e. The van der Waals surface area contributed by atoms with Crippen LogP contribution in [0.1, 0.15) is 61.6 Å². The number of esters is 1. The van der Waals surface area contributed by atoms with E-state index in [0.29, 0.717) is 17.9 Å². The van der Waals surface area contributed by atoms with Crippen LogP contribution in [0.3, 0.4) is 0 Å². The van der Waals surface area contributed by atoms with Gasteiger partial charge in [-0.2, -0.15) is 18.3 Å². The van der Waals surface area contributed by atoms with Crippen molar-refractivity contribution in [1.82, 2.24) is 20.1 Å². The van der Waals surface area contributed by atoms with Gasteiger partial charge in [0, 0.05) is 18.3 Å². The predicted octanol–water partition coefficient (Wildman–Crippen LogP) is 5.17. The highest BCUT2D eigenvalue weighted by molar-refractivity contribution is 5.94. The number of nitrogens with one attached hydrogen (secondary N) is 2. The molecule has 11 heteroatoms. The van der Waals surface area contributed by atoms with Crippen LogP contribution < -0.4 is 10.6 Å². The van der Waals surface area contributed by atoms with Crippen LogP contribution in [0, 0.1) is 5.41 Å². The van der Waals surface area contributed by atoms with Crippen LogP contribution in [0.4, 0.5) is 18.9 Å². The van der Waals surface area contributed by atoms with Crippen molar-refractivity contribution in [2.24, 2.45) is 5.41 Å². The fourth-order valence-electron chi connectivity index (χ4n) is 3.61. The van der Waals surface area contributed by atoms with Gasteiger partial charge >= 0.3 is 12.1 Å². The molecule has 0 fully saturated rings. The van der Waals surface area contributed by atoms with Crippen molar-refractivity contribution in [2.45, 2.75) is 46.3 Å². The molecule has 1 amide bonds. The lowest BCUT2D eigenvalue weighted by molar-refractivity contribution is -0.143. The summed E-state index contributed by atoms with van der Waals surface area (Å²) in [5.41, 5.74) is 0.990. The van der Waals surface area contributed by atoms with Crippen molar-refractivity contribution in [3.05, 3.63) is 71.7 Å². The maximum Gasteiger partial charge on any atom is 0.419 e. The maximum absolute atomic E-state index is 12.9. The molecule has 8 nitrogen and oxygen atoms in total. The van der Waals surface area contributed by atoms with Crippen LogP contribution in [-0.4, -0.2) is 39.8 Å². The molecule has 37 heavy (non-hydrogen) atoms. The number of carbonyl (C=O) groups excluding carboxylic acids is 2. The summed E-state index contributed by atoms with van der Waals surface area (Å²) in [5, 5.41) is 9.88. The smallest absolute Gasteiger partial charge is 0.419 e. The highest BCUT2D eigenvalue weighted by Gasteiger charge is 2.32. The van der Waals surface area contributed by atoms with Crippen LogP contribution in [0.25, 0.3) is 5.82 Å². The molecule has 2 N–H and O–H groups in total. The number of rotatable bonds is 9. The van der Waals surface area contributed by atoms with Crippen LogP contribution in [-0.2, 0) is 15.7 Å². The Kier molecular flexibility index (Phi) is 8.57. The molecular weight excluding hydrogens is 487 g/mol. The van der Waals surface area contributed by atoms with E-state index in [1.165, 1.54) is 6.20 Å². The molecule has 1 atom stereocenters. The average Bonchev–Trinajstić information content (AvgIpc) is 3.34. The first-order valence-electron chi connectivity index (χ1n) is 11.8. The number of pyridine rings is 1. The second-order valence-corrected chi connectivity index (χ2v) is 9.45. The highest BCUT2D eigenvalue weighted by Crippen LogP contribution is 2.36. The molecule has 0 saturated carbocycles. The van der Waals surface area contributed by atoms with E-state index < -0.39 is 11.7 Å². The van der Waals surface area contributed by atoms with Crippen molar-refractivity contribution in [2.75, 3.05) is 18.5 Å². The number of anilines is 1. The number of alkyl halides is 3. The van der Waals surface area contributed by atoms with Gasteiger partial charge in [-0.25, -0.2) is 9.67 Å². The van der Waals surface area contributed by atoms with Gasteiger partial charge in [0.05, 0.1) is 42.7 Å². The lowest BCUT2D eigenvalue weighted by Gasteiger charge is -2.33. The fraction of sp³-hybridized carbons (Fsp3) is 0.385. The molecule has 0 aliphatic carbocycles. The maximum atomic E-state index is 12.9.